The van der Waals surface area contributed by atoms with Crippen molar-refractivity contribution in [2.45, 2.75) is 6.18 Å². The Kier molecular flexibility index (Phi) is 6.59. The SMILES string of the molecule is N#Cc1ccc(Oc2cc(NC(=O)Nc3ccc(Cl)c(C(F)(F)F)c3)ccc2Cl)cc1. The molecule has 3 aromatic rings. The summed E-state index contributed by atoms with van der Waals surface area (Å²) in [7, 11) is 0. The van der Waals surface area contributed by atoms with Crippen LogP contribution in [0, 0.1) is 11.3 Å². The van der Waals surface area contributed by atoms with Gasteiger partial charge in [-0.1, -0.05) is 23.2 Å². The van der Waals surface area contributed by atoms with Crippen LogP contribution in [0.2, 0.25) is 10.0 Å². The number of nitriles is 1. The van der Waals surface area contributed by atoms with Crippen molar-refractivity contribution < 1.29 is 22.7 Å². The molecule has 5 nitrogen and oxygen atoms in total. The molecule has 2 amide bonds. The molecule has 0 aliphatic heterocycles. The Hall–Kier alpha value is -3.41. The van der Waals surface area contributed by atoms with Crippen LogP contribution in [0.1, 0.15) is 11.1 Å². The van der Waals surface area contributed by atoms with Gasteiger partial charge in [0.15, 0.2) is 0 Å². The molecule has 0 bridgehead atoms. The molecule has 0 atom stereocenters. The molecular weight excluding hydrogens is 454 g/mol. The van der Waals surface area contributed by atoms with E-state index in [0.29, 0.717) is 11.3 Å². The normalized spacial score (nSPS) is 10.8. The van der Waals surface area contributed by atoms with Crippen LogP contribution in [0.15, 0.2) is 60.7 Å². The van der Waals surface area contributed by atoms with Crippen LogP contribution < -0.4 is 15.4 Å². The maximum atomic E-state index is 13.0. The summed E-state index contributed by atoms with van der Waals surface area (Å²) >= 11 is 11.7. The molecule has 31 heavy (non-hydrogen) atoms. The van der Waals surface area contributed by atoms with Crippen molar-refractivity contribution in [2.75, 3.05) is 10.6 Å². The van der Waals surface area contributed by atoms with Crippen LogP contribution >= 0.6 is 23.2 Å². The van der Waals surface area contributed by atoms with E-state index >= 15 is 0 Å². The van der Waals surface area contributed by atoms with E-state index in [4.69, 9.17) is 33.2 Å². The van der Waals surface area contributed by atoms with Gasteiger partial charge in [0.2, 0.25) is 0 Å². The summed E-state index contributed by atoms with van der Waals surface area (Å²) in [5, 5.41) is 13.4. The molecule has 0 aromatic heterocycles. The zero-order valence-electron chi connectivity index (χ0n) is 15.4. The smallest absolute Gasteiger partial charge is 0.417 e. The van der Waals surface area contributed by atoms with Crippen LogP contribution in [0.25, 0.3) is 0 Å². The number of nitrogens with zero attached hydrogens (tertiary/aromatic N) is 1. The zero-order valence-corrected chi connectivity index (χ0v) is 16.9. The Balaban J connectivity index is 1.72. The molecule has 3 aromatic carbocycles. The maximum Gasteiger partial charge on any atom is 0.417 e. The fourth-order valence-corrected chi connectivity index (χ4v) is 2.88. The Morgan fingerprint density at radius 2 is 1.48 bits per heavy atom. The van der Waals surface area contributed by atoms with Crippen LogP contribution in [0.4, 0.5) is 29.3 Å². The summed E-state index contributed by atoms with van der Waals surface area (Å²) in [6.07, 6.45) is -4.65. The molecule has 0 fully saturated rings. The number of ether oxygens (including phenoxy) is 1. The average molecular weight is 466 g/mol. The van der Waals surface area contributed by atoms with E-state index in [1.165, 1.54) is 24.3 Å². The number of hydrogen-bond donors (Lipinski definition) is 2. The third-order valence-corrected chi connectivity index (χ3v) is 4.57. The highest BCUT2D eigenvalue weighted by molar-refractivity contribution is 6.32. The Morgan fingerprint density at radius 3 is 2.06 bits per heavy atom. The van der Waals surface area contributed by atoms with Gasteiger partial charge in [0.1, 0.15) is 11.5 Å². The van der Waals surface area contributed by atoms with Crippen molar-refractivity contribution in [1.29, 1.82) is 5.26 Å². The van der Waals surface area contributed by atoms with Crippen molar-refractivity contribution in [3.63, 3.8) is 0 Å². The van der Waals surface area contributed by atoms with E-state index in [9.17, 15) is 18.0 Å². The molecule has 0 saturated heterocycles. The second-order valence-corrected chi connectivity index (χ2v) is 6.97. The Morgan fingerprint density at radius 1 is 0.903 bits per heavy atom. The summed E-state index contributed by atoms with van der Waals surface area (Å²) in [6.45, 7) is 0. The molecule has 3 rings (SSSR count). The fraction of sp³-hybridized carbons (Fsp3) is 0.0476. The van der Waals surface area contributed by atoms with Crippen molar-refractivity contribution in [3.8, 4) is 17.6 Å². The predicted molar refractivity (Wildman–Crippen MR) is 112 cm³/mol. The average Bonchev–Trinajstić information content (AvgIpc) is 2.71. The summed E-state index contributed by atoms with van der Waals surface area (Å²) in [5.74, 6) is 0.651. The second kappa shape index (κ2) is 9.16. The van der Waals surface area contributed by atoms with E-state index in [2.05, 4.69) is 10.6 Å². The highest BCUT2D eigenvalue weighted by Gasteiger charge is 2.33. The molecule has 0 saturated carbocycles. The minimum atomic E-state index is -4.65. The van der Waals surface area contributed by atoms with E-state index in [0.717, 1.165) is 12.1 Å². The minimum Gasteiger partial charge on any atom is -0.456 e. The maximum absolute atomic E-state index is 13.0. The molecule has 0 radical (unpaired) electrons. The second-order valence-electron chi connectivity index (χ2n) is 6.15. The molecule has 0 aliphatic rings. The molecule has 0 spiro atoms. The molecule has 10 heteroatoms. The van der Waals surface area contributed by atoms with Crippen molar-refractivity contribution in [3.05, 3.63) is 81.8 Å². The summed E-state index contributed by atoms with van der Waals surface area (Å²) < 4.78 is 44.5. The third-order valence-electron chi connectivity index (χ3n) is 3.93. The number of benzene rings is 3. The lowest BCUT2D eigenvalue weighted by Gasteiger charge is -2.13. The first kappa shape index (κ1) is 22.3. The van der Waals surface area contributed by atoms with Crippen molar-refractivity contribution in [1.82, 2.24) is 0 Å². The molecular formula is C21H12Cl2F3N3O2. The highest BCUT2D eigenvalue weighted by atomic mass is 35.5. The van der Waals surface area contributed by atoms with Gasteiger partial charge < -0.3 is 15.4 Å². The first-order valence-corrected chi connectivity index (χ1v) is 9.33. The summed E-state index contributed by atoms with van der Waals surface area (Å²) in [6, 6.07) is 15.0. The van der Waals surface area contributed by atoms with Gasteiger partial charge in [0.05, 0.1) is 27.2 Å². The lowest BCUT2D eigenvalue weighted by molar-refractivity contribution is -0.137. The number of carbonyl (C=O) groups is 1. The lowest BCUT2D eigenvalue weighted by atomic mass is 10.2. The van der Waals surface area contributed by atoms with Gasteiger partial charge in [-0.2, -0.15) is 18.4 Å². The number of alkyl halides is 3. The molecule has 0 unspecified atom stereocenters. The summed E-state index contributed by atoms with van der Waals surface area (Å²) in [4.78, 5) is 12.2. The van der Waals surface area contributed by atoms with E-state index in [1.807, 2.05) is 6.07 Å². The third kappa shape index (κ3) is 5.81. The number of carbonyl (C=O) groups excluding carboxylic acids is 1. The standard InChI is InChI=1S/C21H12Cl2F3N3O2/c22-17-7-3-13(9-16(17)21(24,25)26)28-20(30)29-14-4-8-18(23)19(10-14)31-15-5-1-12(11-27)2-6-15/h1-10H,(H2,28,29,30). The van der Waals surface area contributed by atoms with Crippen molar-refractivity contribution in [2.24, 2.45) is 0 Å². The lowest BCUT2D eigenvalue weighted by Crippen LogP contribution is -2.20. The number of rotatable bonds is 4. The van der Waals surface area contributed by atoms with Gasteiger partial charge in [0, 0.05) is 17.4 Å². The number of amides is 2. The number of urea groups is 1. The van der Waals surface area contributed by atoms with Gasteiger partial charge in [-0.25, -0.2) is 4.79 Å². The number of anilines is 2. The monoisotopic (exact) mass is 465 g/mol. The quantitative estimate of drug-likeness (QED) is 0.423. The van der Waals surface area contributed by atoms with E-state index < -0.39 is 22.8 Å². The van der Waals surface area contributed by atoms with Gasteiger partial charge in [-0.05, 0) is 54.6 Å². The molecule has 2 N–H and O–H groups in total. The molecule has 0 heterocycles. The Bertz CT molecular complexity index is 1160. The van der Waals surface area contributed by atoms with Gasteiger partial charge in [-0.3, -0.25) is 0 Å². The van der Waals surface area contributed by atoms with Crippen LogP contribution in [-0.4, -0.2) is 6.03 Å². The van der Waals surface area contributed by atoms with Gasteiger partial charge in [-0.15, -0.1) is 0 Å². The number of nitrogens with one attached hydrogen (secondary N) is 2. The highest BCUT2D eigenvalue weighted by Crippen LogP contribution is 2.36. The van der Waals surface area contributed by atoms with Crippen LogP contribution in [-0.2, 0) is 6.18 Å². The van der Waals surface area contributed by atoms with Crippen LogP contribution in [0.3, 0.4) is 0 Å². The zero-order chi connectivity index (χ0) is 22.6. The first-order valence-electron chi connectivity index (χ1n) is 8.58. The van der Waals surface area contributed by atoms with E-state index in [1.54, 1.807) is 24.3 Å². The largest absolute Gasteiger partial charge is 0.456 e. The number of halogens is 5. The first-order chi connectivity index (χ1) is 14.7. The number of hydrogen-bond acceptors (Lipinski definition) is 3. The minimum absolute atomic E-state index is 0.0859. The topological polar surface area (TPSA) is 74.1 Å². The van der Waals surface area contributed by atoms with Crippen molar-refractivity contribution >= 4 is 40.6 Å². The Labute approximate surface area is 185 Å². The summed E-state index contributed by atoms with van der Waals surface area (Å²) in [5.41, 5.74) is -0.397. The van der Waals surface area contributed by atoms with Gasteiger partial charge >= 0.3 is 12.2 Å². The van der Waals surface area contributed by atoms with E-state index in [-0.39, 0.29) is 22.1 Å². The fourth-order valence-electron chi connectivity index (χ4n) is 2.50. The predicted octanol–water partition coefficient (Wildman–Crippen LogP) is 7.32. The van der Waals surface area contributed by atoms with Gasteiger partial charge in [0.25, 0.3) is 0 Å². The molecule has 158 valence electrons. The molecule has 0 aliphatic carbocycles. The van der Waals surface area contributed by atoms with Crippen LogP contribution in [0.5, 0.6) is 11.5 Å².